The van der Waals surface area contributed by atoms with Crippen molar-refractivity contribution in [2.24, 2.45) is 0 Å². The van der Waals surface area contributed by atoms with Crippen molar-refractivity contribution < 1.29 is 0 Å². The normalized spacial score (nSPS) is 12.6. The predicted octanol–water partition coefficient (Wildman–Crippen LogP) is 7.54. The molecule has 6 aromatic rings. The van der Waals surface area contributed by atoms with E-state index in [0.29, 0.717) is 0 Å². The van der Waals surface area contributed by atoms with Gasteiger partial charge in [0, 0.05) is 7.14 Å². The Morgan fingerprint density at radius 2 is 0.917 bits per heavy atom. The first-order chi connectivity index (χ1) is 11.7. The fourth-order valence-electron chi connectivity index (χ4n) is 4.30. The van der Waals surface area contributed by atoms with Crippen LogP contribution in [-0.4, -0.2) is 0 Å². The fraction of sp³-hybridized carbons (Fsp3) is 0. The molecule has 2 heteroatoms. The third kappa shape index (κ3) is 1.59. The van der Waals surface area contributed by atoms with Crippen molar-refractivity contribution in [1.82, 2.24) is 0 Å². The highest BCUT2D eigenvalue weighted by Crippen LogP contribution is 2.45. The Bertz CT molecular complexity index is 1300. The van der Waals surface area contributed by atoms with Crippen LogP contribution in [0.25, 0.3) is 53.9 Å². The Morgan fingerprint density at radius 3 is 1.38 bits per heavy atom. The van der Waals surface area contributed by atoms with Crippen LogP contribution in [0.5, 0.6) is 0 Å². The van der Waals surface area contributed by atoms with Crippen LogP contribution < -0.4 is 0 Å². The molecule has 0 aliphatic heterocycles. The Morgan fingerprint density at radius 1 is 0.458 bits per heavy atom. The molecule has 0 spiro atoms. The molecule has 0 bridgehead atoms. The van der Waals surface area contributed by atoms with E-state index in [1.165, 1.54) is 61.0 Å². The van der Waals surface area contributed by atoms with Crippen LogP contribution in [0.1, 0.15) is 0 Å². The van der Waals surface area contributed by atoms with Crippen molar-refractivity contribution in [1.29, 1.82) is 0 Å². The lowest BCUT2D eigenvalue weighted by Crippen LogP contribution is -1.92. The molecule has 0 saturated carbocycles. The molecular formula is C22H10I2. The molecule has 0 aromatic heterocycles. The lowest BCUT2D eigenvalue weighted by Gasteiger charge is -2.18. The van der Waals surface area contributed by atoms with Gasteiger partial charge in [-0.2, -0.15) is 0 Å². The monoisotopic (exact) mass is 528 g/mol. The van der Waals surface area contributed by atoms with E-state index in [9.17, 15) is 0 Å². The van der Waals surface area contributed by atoms with E-state index in [-0.39, 0.29) is 0 Å². The molecule has 0 aliphatic rings. The first-order valence-electron chi connectivity index (χ1n) is 7.93. The van der Waals surface area contributed by atoms with E-state index in [2.05, 4.69) is 106 Å². The minimum atomic E-state index is 1.33. The van der Waals surface area contributed by atoms with Crippen LogP contribution in [0.2, 0.25) is 0 Å². The Hall–Kier alpha value is -1.40. The largest absolute Gasteiger partial charge is 0.0610 e. The molecule has 0 heterocycles. The molecule has 0 radical (unpaired) electrons. The van der Waals surface area contributed by atoms with Crippen molar-refractivity contribution >= 4 is 99.0 Å². The fourth-order valence-corrected chi connectivity index (χ4v) is 5.87. The quantitative estimate of drug-likeness (QED) is 0.109. The van der Waals surface area contributed by atoms with Gasteiger partial charge in [-0.25, -0.2) is 0 Å². The van der Waals surface area contributed by atoms with Gasteiger partial charge in [0.25, 0.3) is 0 Å². The minimum absolute atomic E-state index is 1.33. The maximum atomic E-state index is 2.48. The summed E-state index contributed by atoms with van der Waals surface area (Å²) in [7, 11) is 0. The topological polar surface area (TPSA) is 0 Å². The van der Waals surface area contributed by atoms with Gasteiger partial charge in [0.05, 0.1) is 0 Å². The summed E-state index contributed by atoms with van der Waals surface area (Å²) in [5.74, 6) is 0. The second-order valence-corrected chi connectivity index (χ2v) is 8.80. The van der Waals surface area contributed by atoms with E-state index >= 15 is 0 Å². The molecule has 0 saturated heterocycles. The molecule has 24 heavy (non-hydrogen) atoms. The zero-order valence-electron chi connectivity index (χ0n) is 12.5. The van der Waals surface area contributed by atoms with Gasteiger partial charge in [0.2, 0.25) is 0 Å². The van der Waals surface area contributed by atoms with Gasteiger partial charge in [-0.3, -0.25) is 0 Å². The van der Waals surface area contributed by atoms with Crippen molar-refractivity contribution in [2.75, 3.05) is 0 Å². The Balaban J connectivity index is 2.13. The number of hydrogen-bond donors (Lipinski definition) is 0. The SMILES string of the molecule is Ic1cc2cc3cccc4c(I)cc5cc6cccc1c6c2c5c34. The average Bonchev–Trinajstić information content (AvgIpc) is 2.59. The second kappa shape index (κ2) is 4.61. The number of rotatable bonds is 0. The summed E-state index contributed by atoms with van der Waals surface area (Å²) in [5, 5.41) is 13.8. The van der Waals surface area contributed by atoms with E-state index in [1.54, 1.807) is 0 Å². The highest BCUT2D eigenvalue weighted by molar-refractivity contribution is 14.1. The van der Waals surface area contributed by atoms with E-state index in [1.807, 2.05) is 0 Å². The van der Waals surface area contributed by atoms with Crippen LogP contribution in [0.4, 0.5) is 0 Å². The number of hydrogen-bond acceptors (Lipinski definition) is 0. The van der Waals surface area contributed by atoms with Gasteiger partial charge in [-0.05, 0) is 123 Å². The summed E-state index contributed by atoms with van der Waals surface area (Å²) in [4.78, 5) is 0. The molecule has 0 nitrogen and oxygen atoms in total. The van der Waals surface area contributed by atoms with Gasteiger partial charge < -0.3 is 0 Å². The molecule has 0 fully saturated rings. The smallest absolute Gasteiger partial charge is 0.0215 e. The third-order valence-electron chi connectivity index (χ3n) is 5.22. The van der Waals surface area contributed by atoms with Crippen LogP contribution >= 0.6 is 45.2 Å². The van der Waals surface area contributed by atoms with E-state index < -0.39 is 0 Å². The molecule has 0 atom stereocenters. The van der Waals surface area contributed by atoms with Crippen molar-refractivity contribution in [3.05, 3.63) is 67.8 Å². The van der Waals surface area contributed by atoms with Crippen molar-refractivity contribution in [2.45, 2.75) is 0 Å². The standard InChI is InChI=1S/C22H10I2/c23-17-9-14-8-12-4-2-6-16-18(24)10-13-7-11-3-1-5-15(17)19(11)21(14)22(13)20(12)16/h1-10H. The van der Waals surface area contributed by atoms with Gasteiger partial charge in [-0.15, -0.1) is 0 Å². The minimum Gasteiger partial charge on any atom is -0.0610 e. The van der Waals surface area contributed by atoms with Crippen molar-refractivity contribution in [3.8, 4) is 0 Å². The van der Waals surface area contributed by atoms with Crippen LogP contribution in [0.3, 0.4) is 0 Å². The summed E-state index contributed by atoms with van der Waals surface area (Å²) in [6.07, 6.45) is 0. The Kier molecular flexibility index (Phi) is 2.66. The molecule has 6 rings (SSSR count). The highest BCUT2D eigenvalue weighted by Gasteiger charge is 2.17. The number of halogens is 2. The number of benzene rings is 6. The zero-order chi connectivity index (χ0) is 16.0. The average molecular weight is 528 g/mol. The van der Waals surface area contributed by atoms with E-state index in [0.717, 1.165) is 0 Å². The summed E-state index contributed by atoms with van der Waals surface area (Å²) >= 11 is 4.96. The molecular weight excluding hydrogens is 518 g/mol. The summed E-state index contributed by atoms with van der Waals surface area (Å²) in [6, 6.07) is 22.8. The predicted molar refractivity (Wildman–Crippen MR) is 122 cm³/mol. The Labute approximate surface area is 165 Å². The van der Waals surface area contributed by atoms with Gasteiger partial charge >= 0.3 is 0 Å². The van der Waals surface area contributed by atoms with Crippen LogP contribution in [0.15, 0.2) is 60.7 Å². The lowest BCUT2D eigenvalue weighted by atomic mass is 9.87. The maximum absolute atomic E-state index is 2.48. The van der Waals surface area contributed by atoms with Gasteiger partial charge in [0.1, 0.15) is 0 Å². The highest BCUT2D eigenvalue weighted by atomic mass is 127. The molecule has 0 amide bonds. The lowest BCUT2D eigenvalue weighted by molar-refractivity contribution is 1.75. The van der Waals surface area contributed by atoms with Crippen LogP contribution in [-0.2, 0) is 0 Å². The summed E-state index contributed by atoms with van der Waals surface area (Å²) in [5.41, 5.74) is 0. The first-order valence-corrected chi connectivity index (χ1v) is 10.1. The zero-order valence-corrected chi connectivity index (χ0v) is 16.8. The molecule has 6 aromatic carbocycles. The van der Waals surface area contributed by atoms with Gasteiger partial charge in [-0.1, -0.05) is 36.4 Å². The summed E-state index contributed by atoms with van der Waals surface area (Å²) in [6.45, 7) is 0. The van der Waals surface area contributed by atoms with Crippen LogP contribution in [0, 0.1) is 7.14 Å². The van der Waals surface area contributed by atoms with E-state index in [4.69, 9.17) is 0 Å². The molecule has 0 unspecified atom stereocenters. The third-order valence-corrected chi connectivity index (χ3v) is 7.01. The van der Waals surface area contributed by atoms with Gasteiger partial charge in [0.15, 0.2) is 0 Å². The molecule has 112 valence electrons. The molecule has 0 aliphatic carbocycles. The van der Waals surface area contributed by atoms with Crippen molar-refractivity contribution in [3.63, 3.8) is 0 Å². The first kappa shape index (κ1) is 13.8. The summed E-state index contributed by atoms with van der Waals surface area (Å²) < 4.78 is 2.66. The molecule has 0 N–H and O–H groups in total. The maximum Gasteiger partial charge on any atom is 0.0215 e. The second-order valence-electron chi connectivity index (χ2n) is 6.47.